The molecule has 0 atom stereocenters. The van der Waals surface area contributed by atoms with E-state index in [4.69, 9.17) is 4.74 Å². The Balaban J connectivity index is 0.00000400. The number of hydrogen-bond donors (Lipinski definition) is 2. The third-order valence-electron chi connectivity index (χ3n) is 2.29. The van der Waals surface area contributed by atoms with Crippen molar-refractivity contribution in [1.29, 1.82) is 0 Å². The van der Waals surface area contributed by atoms with Gasteiger partial charge in [0.05, 0.1) is 6.54 Å². The second kappa shape index (κ2) is 10.2. The molecule has 0 amide bonds. The zero-order valence-electron chi connectivity index (χ0n) is 11.7. The molecule has 10 heteroatoms. The van der Waals surface area contributed by atoms with Crippen molar-refractivity contribution in [3.05, 3.63) is 16.1 Å². The van der Waals surface area contributed by atoms with E-state index in [9.17, 15) is 13.2 Å². The Labute approximate surface area is 142 Å². The maximum atomic E-state index is 12.4. The number of ether oxygens (including phenoxy) is 1. The number of methoxy groups -OCH3 is 1. The van der Waals surface area contributed by atoms with E-state index in [2.05, 4.69) is 20.6 Å². The molecule has 1 aromatic rings. The van der Waals surface area contributed by atoms with Crippen LogP contribution in [0.1, 0.15) is 17.1 Å². The van der Waals surface area contributed by atoms with Gasteiger partial charge in [0.2, 0.25) is 0 Å². The van der Waals surface area contributed by atoms with E-state index in [-0.39, 0.29) is 30.5 Å². The Kier molecular flexibility index (Phi) is 9.86. The molecule has 0 saturated heterocycles. The fourth-order valence-corrected chi connectivity index (χ4v) is 2.07. The van der Waals surface area contributed by atoms with Crippen LogP contribution in [-0.4, -0.2) is 38.3 Å². The molecule has 0 aliphatic rings. The lowest BCUT2D eigenvalue weighted by Gasteiger charge is -2.10. The third kappa shape index (κ3) is 7.81. The standard InChI is InChI=1S/C11H17F3N4OS.HI/c1-15-10(16-4-3-5-19-2)17-6-9-18-8(7-20-9)11(12,13)14;/h7H,3-6H2,1-2H3,(H2,15,16,17);1H. The number of halogens is 4. The zero-order chi connectivity index (χ0) is 15.0. The molecule has 0 bridgehead atoms. The number of thiazole rings is 1. The summed E-state index contributed by atoms with van der Waals surface area (Å²) in [6.45, 7) is 1.50. The Morgan fingerprint density at radius 3 is 2.67 bits per heavy atom. The van der Waals surface area contributed by atoms with E-state index in [1.54, 1.807) is 14.2 Å². The first-order valence-electron chi connectivity index (χ1n) is 5.92. The van der Waals surface area contributed by atoms with Gasteiger partial charge in [0, 0.05) is 32.7 Å². The van der Waals surface area contributed by atoms with Gasteiger partial charge in [-0.05, 0) is 6.42 Å². The van der Waals surface area contributed by atoms with Crippen molar-refractivity contribution in [3.63, 3.8) is 0 Å². The minimum Gasteiger partial charge on any atom is -0.385 e. The lowest BCUT2D eigenvalue weighted by Crippen LogP contribution is -2.37. The van der Waals surface area contributed by atoms with Gasteiger partial charge in [0.15, 0.2) is 11.7 Å². The largest absolute Gasteiger partial charge is 0.434 e. The molecule has 0 aliphatic heterocycles. The first-order chi connectivity index (χ1) is 9.47. The Hall–Kier alpha value is -0.620. The number of alkyl halides is 3. The van der Waals surface area contributed by atoms with E-state index >= 15 is 0 Å². The first-order valence-corrected chi connectivity index (χ1v) is 6.80. The van der Waals surface area contributed by atoms with Gasteiger partial charge in [0.25, 0.3) is 0 Å². The van der Waals surface area contributed by atoms with Crippen LogP contribution in [0, 0.1) is 0 Å². The lowest BCUT2D eigenvalue weighted by molar-refractivity contribution is -0.140. The van der Waals surface area contributed by atoms with Crippen molar-refractivity contribution in [3.8, 4) is 0 Å². The molecule has 0 unspecified atom stereocenters. The maximum absolute atomic E-state index is 12.4. The van der Waals surface area contributed by atoms with E-state index < -0.39 is 11.9 Å². The minimum absolute atomic E-state index is 0. The van der Waals surface area contributed by atoms with E-state index in [0.717, 1.165) is 23.1 Å². The molecule has 0 fully saturated rings. The van der Waals surface area contributed by atoms with Crippen molar-refractivity contribution in [2.24, 2.45) is 4.99 Å². The SMILES string of the molecule is CN=C(NCCCOC)NCc1nc(C(F)(F)F)cs1.I. The predicted molar refractivity (Wildman–Crippen MR) is 87.2 cm³/mol. The van der Waals surface area contributed by atoms with Crippen LogP contribution in [-0.2, 0) is 17.5 Å². The van der Waals surface area contributed by atoms with Gasteiger partial charge in [-0.3, -0.25) is 4.99 Å². The molecule has 122 valence electrons. The molecule has 5 nitrogen and oxygen atoms in total. The molecular formula is C11H18F3IN4OS. The molecule has 0 spiro atoms. The third-order valence-corrected chi connectivity index (χ3v) is 3.14. The van der Waals surface area contributed by atoms with Crippen molar-refractivity contribution in [1.82, 2.24) is 15.6 Å². The number of nitrogens with one attached hydrogen (secondary N) is 2. The zero-order valence-corrected chi connectivity index (χ0v) is 14.8. The molecule has 21 heavy (non-hydrogen) atoms. The summed E-state index contributed by atoms with van der Waals surface area (Å²) in [7, 11) is 3.21. The highest BCUT2D eigenvalue weighted by molar-refractivity contribution is 14.0. The maximum Gasteiger partial charge on any atom is 0.434 e. The molecule has 1 rings (SSSR count). The van der Waals surface area contributed by atoms with E-state index in [0.29, 0.717) is 24.1 Å². The van der Waals surface area contributed by atoms with Gasteiger partial charge in [-0.1, -0.05) is 0 Å². The second-order valence-electron chi connectivity index (χ2n) is 3.82. The topological polar surface area (TPSA) is 58.5 Å². The Morgan fingerprint density at radius 1 is 1.43 bits per heavy atom. The van der Waals surface area contributed by atoms with Crippen LogP contribution in [0.4, 0.5) is 13.2 Å². The summed E-state index contributed by atoms with van der Waals surface area (Å²) in [6, 6.07) is 0. The van der Waals surface area contributed by atoms with Gasteiger partial charge >= 0.3 is 6.18 Å². The summed E-state index contributed by atoms with van der Waals surface area (Å²) >= 11 is 0.964. The Morgan fingerprint density at radius 2 is 2.14 bits per heavy atom. The van der Waals surface area contributed by atoms with Crippen LogP contribution in [0.25, 0.3) is 0 Å². The van der Waals surface area contributed by atoms with Crippen LogP contribution < -0.4 is 10.6 Å². The molecule has 1 heterocycles. The summed E-state index contributed by atoms with van der Waals surface area (Å²) < 4.78 is 42.0. The highest BCUT2D eigenvalue weighted by Crippen LogP contribution is 2.29. The van der Waals surface area contributed by atoms with E-state index in [1.165, 1.54) is 0 Å². The van der Waals surface area contributed by atoms with Crippen molar-refractivity contribution in [2.45, 2.75) is 19.1 Å². The van der Waals surface area contributed by atoms with Gasteiger partial charge < -0.3 is 15.4 Å². The summed E-state index contributed by atoms with van der Waals surface area (Å²) in [5.41, 5.74) is -0.859. The van der Waals surface area contributed by atoms with Crippen LogP contribution in [0.15, 0.2) is 10.4 Å². The van der Waals surface area contributed by atoms with Crippen molar-refractivity contribution >= 4 is 41.3 Å². The highest BCUT2D eigenvalue weighted by Gasteiger charge is 2.33. The van der Waals surface area contributed by atoms with Crippen LogP contribution in [0.3, 0.4) is 0 Å². The van der Waals surface area contributed by atoms with Gasteiger partial charge in [-0.25, -0.2) is 4.98 Å². The first kappa shape index (κ1) is 20.4. The average Bonchev–Trinajstić information content (AvgIpc) is 2.87. The molecular weight excluding hydrogens is 420 g/mol. The van der Waals surface area contributed by atoms with Crippen LogP contribution >= 0.6 is 35.3 Å². The number of aliphatic imine (C=N–C) groups is 1. The summed E-state index contributed by atoms with van der Waals surface area (Å²) in [5.74, 6) is 0.518. The summed E-state index contributed by atoms with van der Waals surface area (Å²) in [6.07, 6.45) is -3.58. The number of guanidine groups is 1. The monoisotopic (exact) mass is 438 g/mol. The van der Waals surface area contributed by atoms with Crippen LogP contribution in [0.5, 0.6) is 0 Å². The number of rotatable bonds is 6. The minimum atomic E-state index is -4.39. The fourth-order valence-electron chi connectivity index (χ4n) is 1.33. The summed E-state index contributed by atoms with van der Waals surface area (Å²) in [4.78, 5) is 7.49. The van der Waals surface area contributed by atoms with Crippen molar-refractivity contribution < 1.29 is 17.9 Å². The van der Waals surface area contributed by atoms with Crippen LogP contribution in [0.2, 0.25) is 0 Å². The predicted octanol–water partition coefficient (Wildman–Crippen LogP) is 2.48. The van der Waals surface area contributed by atoms with Gasteiger partial charge in [-0.15, -0.1) is 35.3 Å². The molecule has 2 N–H and O–H groups in total. The van der Waals surface area contributed by atoms with Gasteiger partial charge in [0.1, 0.15) is 5.01 Å². The second-order valence-corrected chi connectivity index (χ2v) is 4.77. The Bertz CT molecular complexity index is 439. The smallest absolute Gasteiger partial charge is 0.385 e. The highest BCUT2D eigenvalue weighted by atomic mass is 127. The molecule has 0 aromatic carbocycles. The molecule has 0 saturated carbocycles. The van der Waals surface area contributed by atoms with E-state index in [1.807, 2.05) is 0 Å². The summed E-state index contributed by atoms with van der Waals surface area (Å²) in [5, 5.41) is 7.30. The molecule has 0 radical (unpaired) electrons. The van der Waals surface area contributed by atoms with Crippen molar-refractivity contribution in [2.75, 3.05) is 27.3 Å². The number of hydrogen-bond acceptors (Lipinski definition) is 4. The number of aromatic nitrogens is 1. The molecule has 1 aromatic heterocycles. The fraction of sp³-hybridized carbons (Fsp3) is 0.636. The normalized spacial score (nSPS) is 12.0. The molecule has 0 aliphatic carbocycles. The number of nitrogens with zero attached hydrogens (tertiary/aromatic N) is 2. The quantitative estimate of drug-likeness (QED) is 0.310. The lowest BCUT2D eigenvalue weighted by atomic mass is 10.4. The van der Waals surface area contributed by atoms with Gasteiger partial charge in [-0.2, -0.15) is 13.2 Å². The average molecular weight is 438 g/mol.